The van der Waals surface area contributed by atoms with E-state index in [2.05, 4.69) is 101 Å². The fourth-order valence-electron chi connectivity index (χ4n) is 11.4. The van der Waals surface area contributed by atoms with Crippen LogP contribution in [0.1, 0.15) is 140 Å². The zero-order valence-electron chi connectivity index (χ0n) is 24.7. The van der Waals surface area contributed by atoms with Gasteiger partial charge in [0.2, 0.25) is 0 Å². The van der Waals surface area contributed by atoms with Gasteiger partial charge in [0, 0.05) is 3.42 Å². The van der Waals surface area contributed by atoms with Crippen molar-refractivity contribution in [3.8, 4) is 0 Å². The Morgan fingerprint density at radius 1 is 0.714 bits per heavy atom. The van der Waals surface area contributed by atoms with Crippen molar-refractivity contribution in [2.45, 2.75) is 153 Å². The number of alkyl halides is 2. The average Bonchev–Trinajstić information content (AvgIpc) is 2.75. The maximum atomic E-state index is 12.4. The largest absolute Gasteiger partial charge is 0.392 e. The van der Waals surface area contributed by atoms with Crippen LogP contribution in [0.3, 0.4) is 0 Å². The first-order valence-corrected chi connectivity index (χ1v) is 17.1. The van der Waals surface area contributed by atoms with Crippen LogP contribution in [0.2, 0.25) is 0 Å². The Bertz CT molecular complexity index is 837. The Morgan fingerprint density at radius 2 is 1.31 bits per heavy atom. The van der Waals surface area contributed by atoms with E-state index in [-0.39, 0.29) is 18.4 Å². The zero-order chi connectivity index (χ0) is 26.5. The molecule has 0 bridgehead atoms. The molecule has 0 saturated heterocycles. The Morgan fingerprint density at radius 3 is 1.94 bits per heavy atom. The third-order valence-corrected chi connectivity index (χ3v) is 20.0. The fraction of sp³-hybridized carbons (Fsp3) is 1.00. The van der Waals surface area contributed by atoms with Crippen LogP contribution in [0.5, 0.6) is 0 Å². The third kappa shape index (κ3) is 3.56. The predicted octanol–water partition coefficient (Wildman–Crippen LogP) is 10.4. The molecule has 8 unspecified atom stereocenters. The van der Waals surface area contributed by atoms with Crippen LogP contribution in [0.25, 0.3) is 0 Å². The third-order valence-electron chi connectivity index (χ3n) is 13.6. The molecule has 0 radical (unpaired) electrons. The summed E-state index contributed by atoms with van der Waals surface area (Å²) in [5.74, 6) is 1.46. The van der Waals surface area contributed by atoms with Crippen molar-refractivity contribution in [2.24, 2.45) is 44.3 Å². The lowest BCUT2D eigenvalue weighted by Gasteiger charge is -2.79. The second-order valence-electron chi connectivity index (χ2n) is 15.9. The van der Waals surface area contributed by atoms with Crippen molar-refractivity contribution in [1.29, 1.82) is 0 Å². The minimum absolute atomic E-state index is 0.0678. The smallest absolute Gasteiger partial charge is 0.0707 e. The van der Waals surface area contributed by atoms with Gasteiger partial charge in [-0.3, -0.25) is 0 Å². The van der Waals surface area contributed by atoms with Crippen molar-refractivity contribution in [1.82, 2.24) is 0 Å². The molecular formula is C32H56I2O. The van der Waals surface area contributed by atoms with E-state index in [1.54, 1.807) is 0 Å². The highest BCUT2D eigenvalue weighted by molar-refractivity contribution is 14.1. The summed E-state index contributed by atoms with van der Waals surface area (Å²) in [6, 6.07) is 0. The second-order valence-corrected chi connectivity index (χ2v) is 19.5. The van der Waals surface area contributed by atoms with Gasteiger partial charge >= 0.3 is 0 Å². The lowest BCUT2D eigenvalue weighted by Crippen LogP contribution is -2.80. The molecule has 0 spiro atoms. The summed E-state index contributed by atoms with van der Waals surface area (Å²) >= 11 is 5.82. The van der Waals surface area contributed by atoms with Crippen molar-refractivity contribution < 1.29 is 5.11 Å². The van der Waals surface area contributed by atoms with Gasteiger partial charge in [0.15, 0.2) is 0 Å². The summed E-state index contributed by atoms with van der Waals surface area (Å²) in [6.45, 7) is 24.7. The van der Waals surface area contributed by atoms with Crippen molar-refractivity contribution in [3.63, 3.8) is 0 Å². The van der Waals surface area contributed by atoms with Crippen LogP contribution in [0.15, 0.2) is 0 Å². The SMILES string of the molecule is CC.CC1(C)CCC2(C)CC[C@@]3(C)C4(C)CCC5C(C)(C)CCCC5(C)C4CC(O)C3(I)C2(I)C1. The van der Waals surface area contributed by atoms with Gasteiger partial charge in [-0.05, 0) is 109 Å². The molecule has 1 N–H and O–H groups in total. The second kappa shape index (κ2) is 8.71. The molecule has 0 heterocycles. The summed E-state index contributed by atoms with van der Waals surface area (Å²) in [4.78, 5) is 0. The molecule has 3 heteroatoms. The van der Waals surface area contributed by atoms with Gasteiger partial charge in [-0.15, -0.1) is 0 Å². The van der Waals surface area contributed by atoms with Crippen LogP contribution < -0.4 is 0 Å². The van der Waals surface area contributed by atoms with E-state index in [4.69, 9.17) is 0 Å². The molecule has 0 aliphatic heterocycles. The predicted molar refractivity (Wildman–Crippen MR) is 169 cm³/mol. The highest BCUT2D eigenvalue weighted by atomic mass is 127. The van der Waals surface area contributed by atoms with Crippen molar-refractivity contribution >= 4 is 45.2 Å². The van der Waals surface area contributed by atoms with E-state index in [1.807, 2.05) is 13.8 Å². The molecule has 0 aromatic heterocycles. The fourth-order valence-corrected chi connectivity index (χ4v) is 15.9. The quantitative estimate of drug-likeness (QED) is 0.196. The van der Waals surface area contributed by atoms with Crippen LogP contribution in [0.4, 0.5) is 0 Å². The highest BCUT2D eigenvalue weighted by Crippen LogP contribution is 2.82. The molecule has 35 heavy (non-hydrogen) atoms. The van der Waals surface area contributed by atoms with Gasteiger partial charge in [-0.25, -0.2) is 0 Å². The number of fused-ring (bicyclic) bond motifs is 7. The minimum Gasteiger partial charge on any atom is -0.392 e. The molecule has 0 amide bonds. The molecule has 5 fully saturated rings. The first-order valence-electron chi connectivity index (χ1n) is 15.0. The first-order chi connectivity index (χ1) is 15.9. The number of aliphatic hydroxyl groups excluding tert-OH is 1. The number of halogens is 2. The molecule has 204 valence electrons. The maximum Gasteiger partial charge on any atom is 0.0707 e. The normalized spacial score (nSPS) is 56.3. The monoisotopic (exact) mass is 710 g/mol. The summed E-state index contributed by atoms with van der Waals surface area (Å²) < 4.78 is 0.0751. The Labute approximate surface area is 245 Å². The van der Waals surface area contributed by atoms with Crippen LogP contribution in [-0.2, 0) is 0 Å². The van der Waals surface area contributed by atoms with E-state index >= 15 is 0 Å². The number of aliphatic hydroxyl groups is 1. The van der Waals surface area contributed by atoms with Gasteiger partial charge in [-0.2, -0.15) is 0 Å². The summed E-state index contributed by atoms with van der Waals surface area (Å²) in [7, 11) is 0. The van der Waals surface area contributed by atoms with Gasteiger partial charge in [-0.1, -0.05) is 121 Å². The summed E-state index contributed by atoms with van der Waals surface area (Å²) in [6.07, 6.45) is 14.3. The van der Waals surface area contributed by atoms with E-state index in [0.29, 0.717) is 33.0 Å². The maximum absolute atomic E-state index is 12.4. The van der Waals surface area contributed by atoms with Crippen LogP contribution in [0, 0.1) is 44.3 Å². The molecular weight excluding hydrogens is 654 g/mol. The Hall–Kier alpha value is 1.42. The summed E-state index contributed by atoms with van der Waals surface area (Å²) in [5, 5.41) is 12.4. The molecule has 5 aliphatic carbocycles. The first kappa shape index (κ1) is 29.4. The number of rotatable bonds is 0. The molecule has 9 atom stereocenters. The molecule has 5 saturated carbocycles. The van der Waals surface area contributed by atoms with Gasteiger partial charge < -0.3 is 5.11 Å². The minimum atomic E-state index is -0.202. The Balaban J connectivity index is 0.00000141. The molecule has 0 aromatic rings. The zero-order valence-corrected chi connectivity index (χ0v) is 29.0. The molecule has 5 aliphatic rings. The topological polar surface area (TPSA) is 20.2 Å². The molecule has 0 aromatic carbocycles. The number of hydrogen-bond donors (Lipinski definition) is 1. The molecule has 5 rings (SSSR count). The van der Waals surface area contributed by atoms with Gasteiger partial charge in [0.05, 0.1) is 9.53 Å². The van der Waals surface area contributed by atoms with E-state index in [0.717, 1.165) is 12.3 Å². The van der Waals surface area contributed by atoms with Crippen molar-refractivity contribution in [2.75, 3.05) is 0 Å². The Kier molecular flexibility index (Phi) is 7.32. The van der Waals surface area contributed by atoms with Crippen LogP contribution in [-0.4, -0.2) is 18.1 Å². The van der Waals surface area contributed by atoms with E-state index in [1.165, 1.54) is 64.2 Å². The lowest BCUT2D eigenvalue weighted by atomic mass is 9.31. The standard InChI is InChI=1S/C30H50I2O.C2H6/c1-23(2)14-15-25(5)16-17-28(8)27(7)13-10-20-24(3,4)11-9-12-26(20,6)21(27)18-22(33)30(28,32)29(25,31)19-23;1-2/h20-22,33H,9-19H2,1-8H3;1-2H3/t20?,21?,22?,25?,26?,27?,28-,29?,30?;/m0./s1. The number of hydrogen-bond acceptors (Lipinski definition) is 1. The van der Waals surface area contributed by atoms with E-state index < -0.39 is 0 Å². The van der Waals surface area contributed by atoms with Gasteiger partial charge in [0.25, 0.3) is 0 Å². The lowest BCUT2D eigenvalue weighted by molar-refractivity contribution is -0.244. The summed E-state index contributed by atoms with van der Waals surface area (Å²) in [5.41, 5.74) is 2.01. The average molecular weight is 711 g/mol. The molecule has 1 nitrogen and oxygen atoms in total. The van der Waals surface area contributed by atoms with E-state index in [9.17, 15) is 5.11 Å². The van der Waals surface area contributed by atoms with Gasteiger partial charge in [0.1, 0.15) is 0 Å². The van der Waals surface area contributed by atoms with Crippen LogP contribution >= 0.6 is 45.2 Å². The highest BCUT2D eigenvalue weighted by Gasteiger charge is 2.80. The van der Waals surface area contributed by atoms with Crippen molar-refractivity contribution in [3.05, 3.63) is 0 Å².